The van der Waals surface area contributed by atoms with E-state index in [0.29, 0.717) is 23.3 Å². The van der Waals surface area contributed by atoms with Gasteiger partial charge in [0.1, 0.15) is 6.10 Å². The summed E-state index contributed by atoms with van der Waals surface area (Å²) in [6.07, 6.45) is 6.55. The lowest BCUT2D eigenvalue weighted by atomic mass is 9.51. The number of nitrogens with zero attached hydrogens (tertiary/aromatic N) is 1. The first-order valence-electron chi connectivity index (χ1n) is 12.8. The van der Waals surface area contributed by atoms with Gasteiger partial charge in [0.25, 0.3) is 5.91 Å². The van der Waals surface area contributed by atoms with Gasteiger partial charge in [0, 0.05) is 29.1 Å². The van der Waals surface area contributed by atoms with Gasteiger partial charge in [0.2, 0.25) is 0 Å². The predicted molar refractivity (Wildman–Crippen MR) is 127 cm³/mol. The minimum atomic E-state index is -0.163. The van der Waals surface area contributed by atoms with Crippen LogP contribution in [0.2, 0.25) is 0 Å². The van der Waals surface area contributed by atoms with E-state index in [4.69, 9.17) is 4.74 Å². The molecule has 3 fully saturated rings. The highest BCUT2D eigenvalue weighted by molar-refractivity contribution is 5.94. The average Bonchev–Trinajstić information content (AvgIpc) is 3.60. The van der Waals surface area contributed by atoms with Gasteiger partial charge in [-0.1, -0.05) is 18.2 Å². The van der Waals surface area contributed by atoms with E-state index in [-0.39, 0.29) is 35.8 Å². The Morgan fingerprint density at radius 3 is 2.88 bits per heavy atom. The maximum absolute atomic E-state index is 13.2. The number of ether oxygens (including phenoxy) is 1. The molecule has 1 amide bonds. The summed E-state index contributed by atoms with van der Waals surface area (Å²) >= 11 is 0. The molecule has 178 valence electrons. The van der Waals surface area contributed by atoms with Gasteiger partial charge in [0.15, 0.2) is 11.5 Å². The van der Waals surface area contributed by atoms with E-state index in [0.717, 1.165) is 43.7 Å². The first-order valence-corrected chi connectivity index (χ1v) is 12.8. The highest BCUT2D eigenvalue weighted by Crippen LogP contribution is 2.64. The van der Waals surface area contributed by atoms with Crippen molar-refractivity contribution in [2.24, 2.45) is 11.8 Å². The number of carbonyl (C=O) groups excluding carboxylic acids is 1. The fourth-order valence-corrected chi connectivity index (χ4v) is 7.70. The van der Waals surface area contributed by atoms with Crippen LogP contribution >= 0.6 is 0 Å². The summed E-state index contributed by atoms with van der Waals surface area (Å²) in [4.78, 5) is 16.0. The molecule has 1 spiro atoms. The van der Waals surface area contributed by atoms with E-state index < -0.39 is 0 Å². The Bertz CT molecular complexity index is 1160. The Hall–Kier alpha value is -2.57. The van der Waals surface area contributed by atoms with Crippen LogP contribution in [0, 0.1) is 11.8 Å². The molecule has 3 unspecified atom stereocenters. The number of likely N-dealkylation sites (tertiary alicyclic amines) is 1. The molecule has 6 nitrogen and oxygen atoms in total. The van der Waals surface area contributed by atoms with Gasteiger partial charge in [-0.2, -0.15) is 0 Å². The Morgan fingerprint density at radius 1 is 1.18 bits per heavy atom. The third-order valence-corrected chi connectivity index (χ3v) is 9.31. The Kier molecular flexibility index (Phi) is 4.56. The molecule has 2 heterocycles. The monoisotopic (exact) mass is 460 g/mol. The minimum Gasteiger partial charge on any atom is -0.504 e. The zero-order valence-electron chi connectivity index (χ0n) is 19.4. The smallest absolute Gasteiger partial charge is 0.251 e. The molecule has 3 N–H and O–H groups in total. The van der Waals surface area contributed by atoms with Crippen LogP contribution in [0.1, 0.15) is 59.2 Å². The second-order valence-corrected chi connectivity index (χ2v) is 11.1. The number of hydrogen-bond donors (Lipinski definition) is 3. The number of piperidine rings is 1. The highest BCUT2D eigenvalue weighted by atomic mass is 16.5. The summed E-state index contributed by atoms with van der Waals surface area (Å²) in [5.41, 5.74) is 3.69. The predicted octanol–water partition coefficient (Wildman–Crippen LogP) is 3.13. The molecular weight excluding hydrogens is 428 g/mol. The Morgan fingerprint density at radius 2 is 2.06 bits per heavy atom. The molecule has 7 rings (SSSR count). The zero-order valence-corrected chi connectivity index (χ0v) is 19.4. The van der Waals surface area contributed by atoms with Crippen LogP contribution in [0.4, 0.5) is 0 Å². The number of aliphatic hydroxyl groups excluding tert-OH is 1. The number of benzene rings is 2. The Labute approximate surface area is 199 Å². The van der Waals surface area contributed by atoms with E-state index >= 15 is 0 Å². The van der Waals surface area contributed by atoms with Crippen LogP contribution in [-0.4, -0.2) is 52.3 Å². The maximum Gasteiger partial charge on any atom is 0.251 e. The molecule has 1 saturated heterocycles. The molecule has 0 aromatic heterocycles. The fraction of sp³-hybridized carbons (Fsp3) is 0.536. The van der Waals surface area contributed by atoms with E-state index in [1.54, 1.807) is 18.2 Å². The Balaban J connectivity index is 1.24. The molecule has 5 atom stereocenters. The fourth-order valence-electron chi connectivity index (χ4n) is 7.70. The lowest BCUT2D eigenvalue weighted by molar-refractivity contribution is -0.0647. The van der Waals surface area contributed by atoms with Crippen molar-refractivity contribution in [3.63, 3.8) is 0 Å². The van der Waals surface area contributed by atoms with Gasteiger partial charge >= 0.3 is 0 Å². The second-order valence-electron chi connectivity index (χ2n) is 11.1. The van der Waals surface area contributed by atoms with Gasteiger partial charge in [-0.15, -0.1) is 0 Å². The van der Waals surface area contributed by atoms with Crippen LogP contribution in [0.3, 0.4) is 0 Å². The van der Waals surface area contributed by atoms with Crippen LogP contribution < -0.4 is 10.1 Å². The molecule has 3 aliphatic carbocycles. The number of phenolic OH excluding ortho intramolecular Hbond substituents is 1. The quantitative estimate of drug-likeness (QED) is 0.639. The molecular formula is C28H32N2O4. The number of aromatic hydroxyl groups is 1. The van der Waals surface area contributed by atoms with Crippen molar-refractivity contribution in [1.82, 2.24) is 10.2 Å². The van der Waals surface area contributed by atoms with Crippen LogP contribution in [-0.2, 0) is 18.4 Å². The first kappa shape index (κ1) is 20.8. The van der Waals surface area contributed by atoms with Crippen molar-refractivity contribution < 1.29 is 19.7 Å². The number of phenols is 1. The third-order valence-electron chi connectivity index (χ3n) is 9.31. The summed E-state index contributed by atoms with van der Waals surface area (Å²) in [6.45, 7) is 2.19. The van der Waals surface area contributed by atoms with Gasteiger partial charge in [-0.25, -0.2) is 0 Å². The number of rotatable bonds is 5. The van der Waals surface area contributed by atoms with Crippen molar-refractivity contribution in [3.8, 4) is 11.5 Å². The average molecular weight is 461 g/mol. The summed E-state index contributed by atoms with van der Waals surface area (Å²) in [7, 11) is 0. The van der Waals surface area contributed by atoms with E-state index in [9.17, 15) is 15.0 Å². The standard InChI is InChI=1S/C28H32N2O4/c31-15-17-2-1-3-19(12-17)27(33)29-21-8-7-20-22-13-18-6-9-23(32)25-24(18)28(20,26(21)34-25)10-11-30(22)14-16-4-5-16/h1-3,6,9,12,16,20-22,26,31-32H,4-5,7-8,10-11,13-15H2,(H,29,33)/t20?,21-,22?,26?,28+/m1/s1. The number of nitrogens with one attached hydrogen (secondary N) is 1. The molecule has 2 bridgehead atoms. The van der Waals surface area contributed by atoms with Crippen LogP contribution in [0.5, 0.6) is 11.5 Å². The molecule has 34 heavy (non-hydrogen) atoms. The van der Waals surface area contributed by atoms with Crippen LogP contribution in [0.25, 0.3) is 0 Å². The van der Waals surface area contributed by atoms with Gasteiger partial charge in [-0.3, -0.25) is 9.69 Å². The number of aliphatic hydroxyl groups is 1. The van der Waals surface area contributed by atoms with E-state index in [1.165, 1.54) is 30.5 Å². The normalized spacial score (nSPS) is 33.2. The maximum atomic E-state index is 13.2. The summed E-state index contributed by atoms with van der Waals surface area (Å²) in [5, 5.41) is 23.5. The molecule has 2 aromatic carbocycles. The molecule has 2 aromatic rings. The zero-order chi connectivity index (χ0) is 23.0. The molecule has 2 aliphatic heterocycles. The SMILES string of the molecule is O=C(N[C@@H]1CCC2C3Cc4ccc(O)c5c4[C@@]2(CCN3CC2CC2)C1O5)c1cccc(CO)c1. The van der Waals surface area contributed by atoms with Crippen LogP contribution in [0.15, 0.2) is 36.4 Å². The van der Waals surface area contributed by atoms with Gasteiger partial charge < -0.3 is 20.3 Å². The van der Waals surface area contributed by atoms with Crippen molar-refractivity contribution >= 4 is 5.91 Å². The third kappa shape index (κ3) is 2.91. The molecule has 6 heteroatoms. The molecule has 5 aliphatic rings. The lowest BCUT2D eigenvalue weighted by Crippen LogP contribution is -2.69. The molecule has 2 saturated carbocycles. The number of amides is 1. The minimum absolute atomic E-state index is 0.0861. The molecule has 0 radical (unpaired) electrons. The van der Waals surface area contributed by atoms with Gasteiger partial charge in [-0.05, 0) is 86.2 Å². The van der Waals surface area contributed by atoms with E-state index in [1.807, 2.05) is 12.1 Å². The number of hydrogen-bond acceptors (Lipinski definition) is 5. The first-order chi connectivity index (χ1) is 16.6. The van der Waals surface area contributed by atoms with Crippen molar-refractivity contribution in [2.45, 2.75) is 68.7 Å². The summed E-state index contributed by atoms with van der Waals surface area (Å²) in [5.74, 6) is 2.11. The van der Waals surface area contributed by atoms with Gasteiger partial charge in [0.05, 0.1) is 12.6 Å². The van der Waals surface area contributed by atoms with E-state index in [2.05, 4.69) is 16.3 Å². The second kappa shape index (κ2) is 7.46. The summed E-state index contributed by atoms with van der Waals surface area (Å²) in [6, 6.07) is 11.5. The van der Waals surface area contributed by atoms with Crippen molar-refractivity contribution in [2.75, 3.05) is 13.1 Å². The van der Waals surface area contributed by atoms with Crippen molar-refractivity contribution in [3.05, 3.63) is 58.7 Å². The topological polar surface area (TPSA) is 82.0 Å². The lowest BCUT2D eigenvalue weighted by Gasteiger charge is -2.59. The van der Waals surface area contributed by atoms with Crippen molar-refractivity contribution in [1.29, 1.82) is 0 Å². The number of carbonyl (C=O) groups is 1. The highest BCUT2D eigenvalue weighted by Gasteiger charge is 2.66. The summed E-state index contributed by atoms with van der Waals surface area (Å²) < 4.78 is 6.61. The largest absolute Gasteiger partial charge is 0.504 e.